The van der Waals surface area contributed by atoms with Gasteiger partial charge in [0.2, 0.25) is 0 Å². The van der Waals surface area contributed by atoms with Gasteiger partial charge in [-0.25, -0.2) is 0 Å². The standard InChI is InChI=1S/C16H26N4O3/c21-16(15-13-10-17-6-2-14(13)19-20-15)18-5-1-7-23-11-12-3-8-22-9-4-12/h12,17H,1-11H2,(H,18,21)(H,19,20). The number of aromatic nitrogens is 2. The van der Waals surface area contributed by atoms with E-state index in [0.29, 0.717) is 31.3 Å². The molecule has 0 unspecified atom stereocenters. The van der Waals surface area contributed by atoms with Crippen molar-refractivity contribution in [3.8, 4) is 0 Å². The lowest BCUT2D eigenvalue weighted by atomic mass is 10.0. The van der Waals surface area contributed by atoms with E-state index in [1.807, 2.05) is 0 Å². The number of amides is 1. The van der Waals surface area contributed by atoms with E-state index in [0.717, 1.165) is 63.3 Å². The predicted octanol–water partition coefficient (Wildman–Crippen LogP) is 0.619. The molecular weight excluding hydrogens is 296 g/mol. The molecule has 1 aromatic rings. The monoisotopic (exact) mass is 322 g/mol. The summed E-state index contributed by atoms with van der Waals surface area (Å²) in [5.41, 5.74) is 2.61. The van der Waals surface area contributed by atoms with E-state index < -0.39 is 0 Å². The first-order chi connectivity index (χ1) is 11.3. The van der Waals surface area contributed by atoms with Crippen molar-refractivity contribution in [2.75, 3.05) is 39.5 Å². The Balaban J connectivity index is 1.31. The zero-order chi connectivity index (χ0) is 15.9. The third-order valence-electron chi connectivity index (χ3n) is 4.47. The molecule has 2 aliphatic heterocycles. The molecular formula is C16H26N4O3. The summed E-state index contributed by atoms with van der Waals surface area (Å²) in [5, 5.41) is 13.3. The second-order valence-electron chi connectivity index (χ2n) is 6.20. The Morgan fingerprint density at radius 2 is 2.26 bits per heavy atom. The van der Waals surface area contributed by atoms with E-state index in [1.54, 1.807) is 0 Å². The van der Waals surface area contributed by atoms with Crippen molar-refractivity contribution in [3.05, 3.63) is 17.0 Å². The number of rotatable bonds is 7. The van der Waals surface area contributed by atoms with Crippen LogP contribution in [0.4, 0.5) is 0 Å². The largest absolute Gasteiger partial charge is 0.381 e. The molecule has 3 heterocycles. The maximum atomic E-state index is 12.2. The summed E-state index contributed by atoms with van der Waals surface area (Å²) in [5.74, 6) is 0.525. The quantitative estimate of drug-likeness (QED) is 0.641. The SMILES string of the molecule is O=C(NCCCOCC1CCOCC1)c1n[nH]c2c1CNCC2. The third-order valence-corrected chi connectivity index (χ3v) is 4.47. The van der Waals surface area contributed by atoms with Crippen LogP contribution in [0.1, 0.15) is 41.0 Å². The molecule has 0 aromatic carbocycles. The van der Waals surface area contributed by atoms with Crippen molar-refractivity contribution in [3.63, 3.8) is 0 Å². The Labute approximate surface area is 136 Å². The fourth-order valence-corrected chi connectivity index (χ4v) is 3.04. The highest BCUT2D eigenvalue weighted by atomic mass is 16.5. The zero-order valence-electron chi connectivity index (χ0n) is 13.5. The second kappa shape index (κ2) is 8.42. The highest BCUT2D eigenvalue weighted by Gasteiger charge is 2.21. The summed E-state index contributed by atoms with van der Waals surface area (Å²) in [6, 6.07) is 0. The summed E-state index contributed by atoms with van der Waals surface area (Å²) in [6.07, 6.45) is 3.90. The number of ether oxygens (including phenoxy) is 2. The van der Waals surface area contributed by atoms with Crippen LogP contribution in [-0.2, 0) is 22.4 Å². The van der Waals surface area contributed by atoms with Crippen molar-refractivity contribution < 1.29 is 14.3 Å². The van der Waals surface area contributed by atoms with Gasteiger partial charge in [0.1, 0.15) is 0 Å². The Morgan fingerprint density at radius 3 is 3.13 bits per heavy atom. The molecule has 0 saturated carbocycles. The van der Waals surface area contributed by atoms with Gasteiger partial charge >= 0.3 is 0 Å². The average molecular weight is 322 g/mol. The summed E-state index contributed by atoms with van der Waals surface area (Å²) < 4.78 is 11.0. The Morgan fingerprint density at radius 1 is 1.39 bits per heavy atom. The van der Waals surface area contributed by atoms with Crippen LogP contribution in [0, 0.1) is 5.92 Å². The summed E-state index contributed by atoms with van der Waals surface area (Å²) >= 11 is 0. The fraction of sp³-hybridized carbons (Fsp3) is 0.750. The first kappa shape index (κ1) is 16.4. The lowest BCUT2D eigenvalue weighted by Crippen LogP contribution is -2.29. The van der Waals surface area contributed by atoms with Gasteiger partial charge in [-0.05, 0) is 25.2 Å². The Kier molecular flexibility index (Phi) is 6.01. The van der Waals surface area contributed by atoms with Crippen molar-refractivity contribution in [1.82, 2.24) is 20.8 Å². The van der Waals surface area contributed by atoms with Crippen LogP contribution in [0.25, 0.3) is 0 Å². The molecule has 0 radical (unpaired) electrons. The van der Waals surface area contributed by atoms with Gasteiger partial charge in [-0.1, -0.05) is 0 Å². The smallest absolute Gasteiger partial charge is 0.272 e. The second-order valence-corrected chi connectivity index (χ2v) is 6.20. The Bertz CT molecular complexity index is 511. The van der Waals surface area contributed by atoms with Gasteiger partial charge in [0, 0.05) is 63.7 Å². The number of carbonyl (C=O) groups excluding carboxylic acids is 1. The minimum Gasteiger partial charge on any atom is -0.381 e. The van der Waals surface area contributed by atoms with Crippen molar-refractivity contribution in [1.29, 1.82) is 0 Å². The number of nitrogens with one attached hydrogen (secondary N) is 3. The number of fused-ring (bicyclic) bond motifs is 1. The minimum atomic E-state index is -0.101. The maximum absolute atomic E-state index is 12.2. The van der Waals surface area contributed by atoms with Gasteiger partial charge in [0.15, 0.2) is 5.69 Å². The van der Waals surface area contributed by atoms with Crippen molar-refractivity contribution in [2.45, 2.75) is 32.2 Å². The van der Waals surface area contributed by atoms with E-state index in [1.165, 1.54) is 0 Å². The highest BCUT2D eigenvalue weighted by molar-refractivity contribution is 5.94. The highest BCUT2D eigenvalue weighted by Crippen LogP contribution is 2.15. The summed E-state index contributed by atoms with van der Waals surface area (Å²) in [6.45, 7) is 5.44. The molecule has 1 amide bonds. The number of aromatic amines is 1. The van der Waals surface area contributed by atoms with Crippen LogP contribution >= 0.6 is 0 Å². The van der Waals surface area contributed by atoms with Gasteiger partial charge in [0.25, 0.3) is 5.91 Å². The summed E-state index contributed by atoms with van der Waals surface area (Å²) in [7, 11) is 0. The zero-order valence-corrected chi connectivity index (χ0v) is 13.5. The van der Waals surface area contributed by atoms with Crippen LogP contribution in [-0.4, -0.2) is 55.6 Å². The lowest BCUT2D eigenvalue weighted by Gasteiger charge is -2.21. The molecule has 3 N–H and O–H groups in total. The van der Waals surface area contributed by atoms with Gasteiger partial charge in [-0.2, -0.15) is 5.10 Å². The van der Waals surface area contributed by atoms with Crippen molar-refractivity contribution >= 4 is 5.91 Å². The number of H-pyrrole nitrogens is 1. The van der Waals surface area contributed by atoms with E-state index in [2.05, 4.69) is 20.8 Å². The Hall–Kier alpha value is -1.44. The fourth-order valence-electron chi connectivity index (χ4n) is 3.04. The molecule has 0 atom stereocenters. The van der Waals surface area contributed by atoms with Gasteiger partial charge in [0.05, 0.1) is 0 Å². The molecule has 0 spiro atoms. The third kappa shape index (κ3) is 4.53. The van der Waals surface area contributed by atoms with Gasteiger partial charge < -0.3 is 20.1 Å². The number of nitrogens with zero attached hydrogens (tertiary/aromatic N) is 1. The van der Waals surface area contributed by atoms with E-state index in [4.69, 9.17) is 9.47 Å². The molecule has 1 fully saturated rings. The maximum Gasteiger partial charge on any atom is 0.272 e. The first-order valence-electron chi connectivity index (χ1n) is 8.55. The molecule has 23 heavy (non-hydrogen) atoms. The molecule has 128 valence electrons. The molecule has 7 heteroatoms. The summed E-state index contributed by atoms with van der Waals surface area (Å²) in [4.78, 5) is 12.2. The van der Waals surface area contributed by atoms with Crippen LogP contribution in [0.15, 0.2) is 0 Å². The van der Waals surface area contributed by atoms with Gasteiger partial charge in [-0.15, -0.1) is 0 Å². The van der Waals surface area contributed by atoms with E-state index in [-0.39, 0.29) is 5.91 Å². The van der Waals surface area contributed by atoms with Crippen LogP contribution in [0.2, 0.25) is 0 Å². The molecule has 7 nitrogen and oxygen atoms in total. The number of carbonyl (C=O) groups is 1. The molecule has 1 aromatic heterocycles. The normalized spacial score (nSPS) is 18.6. The van der Waals surface area contributed by atoms with E-state index >= 15 is 0 Å². The van der Waals surface area contributed by atoms with Crippen LogP contribution in [0.5, 0.6) is 0 Å². The molecule has 3 rings (SSSR count). The topological polar surface area (TPSA) is 88.3 Å². The lowest BCUT2D eigenvalue weighted by molar-refractivity contribution is 0.0202. The van der Waals surface area contributed by atoms with E-state index in [9.17, 15) is 4.79 Å². The predicted molar refractivity (Wildman–Crippen MR) is 85.3 cm³/mol. The number of hydrogen-bond donors (Lipinski definition) is 3. The molecule has 2 aliphatic rings. The first-order valence-corrected chi connectivity index (χ1v) is 8.55. The molecule has 1 saturated heterocycles. The van der Waals surface area contributed by atoms with Crippen molar-refractivity contribution in [2.24, 2.45) is 5.92 Å². The molecule has 0 aliphatic carbocycles. The number of hydrogen-bond acceptors (Lipinski definition) is 5. The van der Waals surface area contributed by atoms with Crippen LogP contribution < -0.4 is 10.6 Å². The molecule has 0 bridgehead atoms. The van der Waals surface area contributed by atoms with Gasteiger partial charge in [-0.3, -0.25) is 9.89 Å². The minimum absolute atomic E-state index is 0.101. The average Bonchev–Trinajstić information content (AvgIpc) is 3.03. The van der Waals surface area contributed by atoms with Crippen LogP contribution in [0.3, 0.4) is 0 Å².